The summed E-state index contributed by atoms with van der Waals surface area (Å²) in [5.74, 6) is -5.27. The lowest BCUT2D eigenvalue weighted by atomic mass is 9.46. The first-order valence-electron chi connectivity index (χ1n) is 13.7. The van der Waals surface area contributed by atoms with Crippen molar-refractivity contribution in [1.82, 2.24) is 5.32 Å². The summed E-state index contributed by atoms with van der Waals surface area (Å²) in [6, 6.07) is 4.77. The number of hydrogen-bond donors (Lipinski definition) is 2. The third kappa shape index (κ3) is 4.11. The fourth-order valence-corrected chi connectivity index (χ4v) is 8.45. The van der Waals surface area contributed by atoms with Gasteiger partial charge >= 0.3 is 18.3 Å². The van der Waals surface area contributed by atoms with Crippen LogP contribution in [0.1, 0.15) is 57.9 Å². The second kappa shape index (κ2) is 9.38. The minimum absolute atomic E-state index is 0.00388. The van der Waals surface area contributed by atoms with Crippen LogP contribution >= 0.6 is 0 Å². The number of benzene rings is 1. The zero-order valence-electron chi connectivity index (χ0n) is 22.3. The lowest BCUT2D eigenvalue weighted by Gasteiger charge is -2.58. The smallest absolute Gasteiger partial charge is 0.424 e. The number of carboxylic acids is 1. The molecule has 40 heavy (non-hydrogen) atoms. The van der Waals surface area contributed by atoms with E-state index in [4.69, 9.17) is 0 Å². The van der Waals surface area contributed by atoms with Crippen LogP contribution in [-0.2, 0) is 15.1 Å². The lowest BCUT2D eigenvalue weighted by Crippen LogP contribution is -2.67. The summed E-state index contributed by atoms with van der Waals surface area (Å²) in [5, 5.41) is 11.2. The van der Waals surface area contributed by atoms with Crippen molar-refractivity contribution in [2.45, 2.75) is 70.3 Å². The number of allylic oxidation sites excluding steroid dienone is 3. The molecule has 2 unspecified atom stereocenters. The number of carboxylic acid groups (broad SMARTS) is 1. The van der Waals surface area contributed by atoms with Crippen molar-refractivity contribution in [3.05, 3.63) is 59.7 Å². The van der Waals surface area contributed by atoms with Gasteiger partial charge in [0.1, 0.15) is 0 Å². The van der Waals surface area contributed by atoms with Gasteiger partial charge < -0.3 is 10.4 Å². The molecular formula is C30H33F6NO3. The van der Waals surface area contributed by atoms with Crippen molar-refractivity contribution in [3.63, 3.8) is 0 Å². The molecule has 0 spiro atoms. The predicted octanol–water partition coefficient (Wildman–Crippen LogP) is 7.18. The summed E-state index contributed by atoms with van der Waals surface area (Å²) in [6.07, 6.45) is -2.36. The van der Waals surface area contributed by atoms with Crippen LogP contribution in [0.3, 0.4) is 0 Å². The van der Waals surface area contributed by atoms with E-state index in [0.29, 0.717) is 24.1 Å². The van der Waals surface area contributed by atoms with Crippen LogP contribution in [0, 0.1) is 40.4 Å². The molecule has 0 aromatic heterocycles. The van der Waals surface area contributed by atoms with Gasteiger partial charge in [-0.1, -0.05) is 68.8 Å². The number of hydrogen-bond acceptors (Lipinski definition) is 2. The molecule has 2 fully saturated rings. The van der Waals surface area contributed by atoms with Crippen LogP contribution in [0.5, 0.6) is 0 Å². The molecule has 0 heterocycles. The van der Waals surface area contributed by atoms with Gasteiger partial charge in [-0.05, 0) is 66.4 Å². The number of amides is 1. The zero-order chi connectivity index (χ0) is 29.3. The fourth-order valence-electron chi connectivity index (χ4n) is 8.45. The molecule has 0 saturated heterocycles. The van der Waals surface area contributed by atoms with Gasteiger partial charge in [-0.3, -0.25) is 9.59 Å². The van der Waals surface area contributed by atoms with E-state index in [9.17, 15) is 41.0 Å². The molecule has 7 atom stereocenters. The number of carbonyl (C=O) groups excluding carboxylic acids is 1. The normalized spacial score (nSPS) is 35.7. The summed E-state index contributed by atoms with van der Waals surface area (Å²) in [7, 11) is 0. The van der Waals surface area contributed by atoms with Gasteiger partial charge in [-0.25, -0.2) is 0 Å². The summed E-state index contributed by atoms with van der Waals surface area (Å²) >= 11 is 0. The monoisotopic (exact) mass is 569 g/mol. The van der Waals surface area contributed by atoms with Gasteiger partial charge in [0.05, 0.1) is 5.92 Å². The van der Waals surface area contributed by atoms with Gasteiger partial charge in [-0.2, -0.15) is 26.3 Å². The molecule has 0 aliphatic heterocycles. The molecule has 218 valence electrons. The van der Waals surface area contributed by atoms with Gasteiger partial charge in [0.15, 0.2) is 0 Å². The molecule has 2 N–H and O–H groups in total. The predicted molar refractivity (Wildman–Crippen MR) is 135 cm³/mol. The van der Waals surface area contributed by atoms with E-state index in [2.05, 4.69) is 6.92 Å². The Kier molecular flexibility index (Phi) is 6.74. The number of aliphatic carboxylic acids is 1. The van der Waals surface area contributed by atoms with E-state index in [-0.39, 0.29) is 29.6 Å². The van der Waals surface area contributed by atoms with Gasteiger partial charge in [0, 0.05) is 11.3 Å². The van der Waals surface area contributed by atoms with E-state index in [1.54, 1.807) is 13.0 Å². The SMILES string of the molecule is C[C@@]12CCC[C@H]1[C@@H]1C=CC3=CC(C(=O)O)CC(C(=O)NC(c4ccccc4)(C(F)(F)F)C(F)(F)F)[C@]3(C)[C@H]1CC2. The molecule has 1 aromatic rings. The maximum atomic E-state index is 14.5. The van der Waals surface area contributed by atoms with Crippen LogP contribution < -0.4 is 5.32 Å². The summed E-state index contributed by atoms with van der Waals surface area (Å²) < 4.78 is 87.1. The second-order valence-electron chi connectivity index (χ2n) is 12.5. The first kappa shape index (κ1) is 28.7. The van der Waals surface area contributed by atoms with E-state index < -0.39 is 52.6 Å². The third-order valence-corrected chi connectivity index (χ3v) is 10.6. The van der Waals surface area contributed by atoms with Crippen molar-refractivity contribution < 1.29 is 41.0 Å². The van der Waals surface area contributed by atoms with E-state index in [1.165, 1.54) is 17.5 Å². The van der Waals surface area contributed by atoms with Crippen LogP contribution in [0.4, 0.5) is 26.3 Å². The lowest BCUT2D eigenvalue weighted by molar-refractivity contribution is -0.312. The highest BCUT2D eigenvalue weighted by Crippen LogP contribution is 2.65. The van der Waals surface area contributed by atoms with Crippen LogP contribution in [-0.4, -0.2) is 29.3 Å². The number of carbonyl (C=O) groups is 2. The number of alkyl halides is 6. The number of fused-ring (bicyclic) bond motifs is 5. The fraction of sp³-hybridized carbons (Fsp3) is 0.600. The minimum Gasteiger partial charge on any atom is -0.481 e. The summed E-state index contributed by atoms with van der Waals surface area (Å²) in [5.41, 5.74) is -6.35. The molecule has 4 aliphatic carbocycles. The average Bonchev–Trinajstić information content (AvgIpc) is 3.27. The molecule has 0 bridgehead atoms. The highest BCUT2D eigenvalue weighted by atomic mass is 19.4. The van der Waals surface area contributed by atoms with Crippen molar-refractivity contribution in [1.29, 1.82) is 0 Å². The maximum Gasteiger partial charge on any atom is 0.424 e. The summed E-state index contributed by atoms with van der Waals surface area (Å²) in [4.78, 5) is 26.0. The van der Waals surface area contributed by atoms with Crippen LogP contribution in [0.2, 0.25) is 0 Å². The van der Waals surface area contributed by atoms with Gasteiger partial charge in [0.25, 0.3) is 5.54 Å². The Hall–Kier alpha value is -2.78. The van der Waals surface area contributed by atoms with Crippen molar-refractivity contribution in [3.8, 4) is 0 Å². The Morgan fingerprint density at radius 1 is 0.950 bits per heavy atom. The highest BCUT2D eigenvalue weighted by Gasteiger charge is 2.73. The molecule has 2 saturated carbocycles. The average molecular weight is 570 g/mol. The standard InChI is InChI=1S/C30H33F6NO3/c1-26-13-6-9-21(26)20-11-10-19-15-17(25(39)40)16-23(27(19,2)22(20)12-14-26)24(38)37-28(29(31,32)33,30(34,35)36)18-7-4-3-5-8-18/h3-5,7-8,10-11,15,17,20-23H,6,9,12-14,16H2,1-2H3,(H,37,38)(H,39,40)/t17?,20-,21-,22-,23?,26-,27-/m0/s1. The minimum atomic E-state index is -5.92. The third-order valence-electron chi connectivity index (χ3n) is 10.6. The van der Waals surface area contributed by atoms with Crippen LogP contribution in [0.25, 0.3) is 0 Å². The van der Waals surface area contributed by atoms with Gasteiger partial charge in [-0.15, -0.1) is 0 Å². The van der Waals surface area contributed by atoms with Gasteiger partial charge in [0.2, 0.25) is 5.91 Å². The molecule has 4 nitrogen and oxygen atoms in total. The number of halogens is 6. The molecule has 1 aromatic carbocycles. The first-order chi connectivity index (χ1) is 18.6. The topological polar surface area (TPSA) is 66.4 Å². The quantitative estimate of drug-likeness (QED) is 0.378. The number of rotatable bonds is 4. The molecular weight excluding hydrogens is 536 g/mol. The maximum absolute atomic E-state index is 14.5. The summed E-state index contributed by atoms with van der Waals surface area (Å²) in [6.45, 7) is 3.96. The Bertz CT molecular complexity index is 1220. The first-order valence-corrected chi connectivity index (χ1v) is 13.7. The Balaban J connectivity index is 1.62. The largest absolute Gasteiger partial charge is 0.481 e. The molecule has 1 amide bonds. The van der Waals surface area contributed by atoms with Crippen LogP contribution in [0.15, 0.2) is 54.1 Å². The van der Waals surface area contributed by atoms with E-state index in [0.717, 1.165) is 37.8 Å². The highest BCUT2D eigenvalue weighted by molar-refractivity contribution is 5.84. The van der Waals surface area contributed by atoms with E-state index in [1.807, 2.05) is 6.08 Å². The molecule has 4 aliphatic rings. The Labute approximate surface area is 228 Å². The zero-order valence-corrected chi connectivity index (χ0v) is 22.3. The number of nitrogens with one attached hydrogen (secondary N) is 1. The Morgan fingerprint density at radius 3 is 2.20 bits per heavy atom. The second-order valence-corrected chi connectivity index (χ2v) is 12.5. The van der Waals surface area contributed by atoms with E-state index >= 15 is 0 Å². The molecule has 5 rings (SSSR count). The molecule has 0 radical (unpaired) electrons. The molecule has 10 heteroatoms. The Morgan fingerprint density at radius 2 is 1.60 bits per heavy atom. The van der Waals surface area contributed by atoms with Crippen molar-refractivity contribution in [2.75, 3.05) is 0 Å². The van der Waals surface area contributed by atoms with Crippen molar-refractivity contribution >= 4 is 11.9 Å². The van der Waals surface area contributed by atoms with Crippen molar-refractivity contribution in [2.24, 2.45) is 40.4 Å².